The summed E-state index contributed by atoms with van der Waals surface area (Å²) >= 11 is 0. The summed E-state index contributed by atoms with van der Waals surface area (Å²) in [5.74, 6) is 0.596. The number of ether oxygens (including phenoxy) is 1. The SMILES string of the molecule is COc1ccc(CC(C)NC2CCc3c(ccc(O)c3O)C2O)cc1. The molecular weight excluding hydrogens is 318 g/mol. The Labute approximate surface area is 147 Å². The molecule has 0 radical (unpaired) electrons. The Morgan fingerprint density at radius 3 is 2.56 bits per heavy atom. The van der Waals surface area contributed by atoms with Crippen molar-refractivity contribution < 1.29 is 20.1 Å². The van der Waals surface area contributed by atoms with Crippen LogP contribution in [0.2, 0.25) is 0 Å². The summed E-state index contributed by atoms with van der Waals surface area (Å²) in [6, 6.07) is 11.2. The number of phenols is 2. The van der Waals surface area contributed by atoms with E-state index in [9.17, 15) is 15.3 Å². The summed E-state index contributed by atoms with van der Waals surface area (Å²) in [5, 5.41) is 33.7. The molecule has 0 aromatic heterocycles. The normalized spacial score (nSPS) is 20.8. The predicted molar refractivity (Wildman–Crippen MR) is 96.1 cm³/mol. The van der Waals surface area contributed by atoms with E-state index in [4.69, 9.17) is 4.74 Å². The molecule has 2 aromatic rings. The smallest absolute Gasteiger partial charge is 0.161 e. The lowest BCUT2D eigenvalue weighted by Crippen LogP contribution is -2.43. The highest BCUT2D eigenvalue weighted by atomic mass is 16.5. The van der Waals surface area contributed by atoms with Gasteiger partial charge in [0.1, 0.15) is 5.75 Å². The van der Waals surface area contributed by atoms with E-state index >= 15 is 0 Å². The summed E-state index contributed by atoms with van der Waals surface area (Å²) in [7, 11) is 1.65. The molecule has 134 valence electrons. The number of fused-ring (bicyclic) bond motifs is 1. The first kappa shape index (κ1) is 17.6. The zero-order chi connectivity index (χ0) is 18.0. The molecule has 1 aliphatic carbocycles. The number of benzene rings is 2. The van der Waals surface area contributed by atoms with Crippen LogP contribution in [0.4, 0.5) is 0 Å². The van der Waals surface area contributed by atoms with Gasteiger partial charge in [0.05, 0.1) is 13.2 Å². The molecule has 5 heteroatoms. The highest BCUT2D eigenvalue weighted by molar-refractivity contribution is 5.51. The number of aromatic hydroxyl groups is 2. The molecule has 3 rings (SSSR count). The van der Waals surface area contributed by atoms with Crippen LogP contribution in [-0.4, -0.2) is 34.5 Å². The van der Waals surface area contributed by atoms with Gasteiger partial charge in [-0.3, -0.25) is 0 Å². The van der Waals surface area contributed by atoms with Gasteiger partial charge in [-0.2, -0.15) is 0 Å². The van der Waals surface area contributed by atoms with E-state index < -0.39 is 6.10 Å². The third-order valence-corrected chi connectivity index (χ3v) is 4.90. The van der Waals surface area contributed by atoms with E-state index in [1.54, 1.807) is 13.2 Å². The molecule has 0 saturated heterocycles. The molecule has 2 aromatic carbocycles. The number of hydrogen-bond acceptors (Lipinski definition) is 5. The maximum absolute atomic E-state index is 10.6. The van der Waals surface area contributed by atoms with E-state index in [1.807, 2.05) is 24.3 Å². The molecule has 1 aliphatic rings. The van der Waals surface area contributed by atoms with Crippen LogP contribution in [0, 0.1) is 0 Å². The largest absolute Gasteiger partial charge is 0.504 e. The number of nitrogens with one attached hydrogen (secondary N) is 1. The van der Waals surface area contributed by atoms with Crippen molar-refractivity contribution in [3.05, 3.63) is 53.1 Å². The van der Waals surface area contributed by atoms with Crippen molar-refractivity contribution in [1.82, 2.24) is 5.32 Å². The molecule has 0 aliphatic heterocycles. The molecular formula is C20H25NO4. The van der Waals surface area contributed by atoms with Gasteiger partial charge in [-0.15, -0.1) is 0 Å². The summed E-state index contributed by atoms with van der Waals surface area (Å²) in [6.07, 6.45) is 1.48. The minimum absolute atomic E-state index is 0.0790. The number of aliphatic hydroxyl groups excluding tert-OH is 1. The first-order valence-electron chi connectivity index (χ1n) is 8.60. The van der Waals surface area contributed by atoms with Crippen LogP contribution < -0.4 is 10.1 Å². The number of aliphatic hydroxyl groups is 1. The third-order valence-electron chi connectivity index (χ3n) is 4.90. The van der Waals surface area contributed by atoms with Gasteiger partial charge in [0.25, 0.3) is 0 Å². The van der Waals surface area contributed by atoms with Gasteiger partial charge in [0.15, 0.2) is 11.5 Å². The van der Waals surface area contributed by atoms with Crippen molar-refractivity contribution >= 4 is 0 Å². The van der Waals surface area contributed by atoms with Crippen LogP contribution in [0.25, 0.3) is 0 Å². The summed E-state index contributed by atoms with van der Waals surface area (Å²) in [5.41, 5.74) is 2.54. The molecule has 0 heterocycles. The zero-order valence-corrected chi connectivity index (χ0v) is 14.6. The second-order valence-electron chi connectivity index (χ2n) is 6.71. The van der Waals surface area contributed by atoms with Gasteiger partial charge >= 0.3 is 0 Å². The molecule has 25 heavy (non-hydrogen) atoms. The van der Waals surface area contributed by atoms with Crippen molar-refractivity contribution in [3.63, 3.8) is 0 Å². The molecule has 0 spiro atoms. The van der Waals surface area contributed by atoms with E-state index in [0.29, 0.717) is 24.0 Å². The molecule has 5 nitrogen and oxygen atoms in total. The highest BCUT2D eigenvalue weighted by Crippen LogP contribution is 2.39. The maximum Gasteiger partial charge on any atom is 0.161 e. The van der Waals surface area contributed by atoms with Crippen molar-refractivity contribution in [1.29, 1.82) is 0 Å². The average molecular weight is 343 g/mol. The topological polar surface area (TPSA) is 82.0 Å². The second-order valence-corrected chi connectivity index (χ2v) is 6.71. The maximum atomic E-state index is 10.6. The highest BCUT2D eigenvalue weighted by Gasteiger charge is 2.31. The Hall–Kier alpha value is -2.24. The van der Waals surface area contributed by atoms with Crippen molar-refractivity contribution in [2.24, 2.45) is 0 Å². The van der Waals surface area contributed by atoms with Gasteiger partial charge in [-0.05, 0) is 55.5 Å². The number of methoxy groups -OCH3 is 1. The summed E-state index contributed by atoms with van der Waals surface area (Å²) < 4.78 is 5.17. The first-order chi connectivity index (χ1) is 12.0. The zero-order valence-electron chi connectivity index (χ0n) is 14.6. The standard InChI is InChI=1S/C20H25NO4/c1-12(11-13-3-5-14(25-2)6-4-13)21-17-9-7-16-15(19(17)23)8-10-18(22)20(16)24/h3-6,8,10,12,17,19,21-24H,7,9,11H2,1-2H3. The number of rotatable bonds is 5. The lowest BCUT2D eigenvalue weighted by Gasteiger charge is -2.33. The molecule has 4 N–H and O–H groups in total. The fourth-order valence-corrected chi connectivity index (χ4v) is 3.57. The van der Waals surface area contributed by atoms with Crippen LogP contribution >= 0.6 is 0 Å². The quantitative estimate of drug-likeness (QED) is 0.628. The fourth-order valence-electron chi connectivity index (χ4n) is 3.57. The lowest BCUT2D eigenvalue weighted by atomic mass is 9.84. The number of phenolic OH excluding ortho intramolecular Hbond substituents is 2. The second kappa shape index (κ2) is 7.33. The summed E-state index contributed by atoms with van der Waals surface area (Å²) in [4.78, 5) is 0. The van der Waals surface area contributed by atoms with Gasteiger partial charge in [-0.1, -0.05) is 18.2 Å². The molecule has 0 bridgehead atoms. The van der Waals surface area contributed by atoms with E-state index in [1.165, 1.54) is 11.6 Å². The third kappa shape index (κ3) is 3.72. The minimum atomic E-state index is -0.700. The summed E-state index contributed by atoms with van der Waals surface area (Å²) in [6.45, 7) is 2.10. The van der Waals surface area contributed by atoms with Crippen molar-refractivity contribution in [3.8, 4) is 17.2 Å². The Morgan fingerprint density at radius 1 is 1.16 bits per heavy atom. The molecule has 3 unspecified atom stereocenters. The fraction of sp³-hybridized carbons (Fsp3) is 0.400. The van der Waals surface area contributed by atoms with E-state index in [0.717, 1.165) is 12.2 Å². The Bertz CT molecular complexity index is 729. The van der Waals surface area contributed by atoms with Gasteiger partial charge in [0.2, 0.25) is 0 Å². The van der Waals surface area contributed by atoms with Crippen LogP contribution in [-0.2, 0) is 12.8 Å². The lowest BCUT2D eigenvalue weighted by molar-refractivity contribution is 0.108. The average Bonchev–Trinajstić information content (AvgIpc) is 2.61. The van der Waals surface area contributed by atoms with Gasteiger partial charge in [0, 0.05) is 17.6 Å². The first-order valence-corrected chi connectivity index (χ1v) is 8.60. The molecule has 3 atom stereocenters. The Balaban J connectivity index is 1.65. The molecule has 0 fully saturated rings. The van der Waals surface area contributed by atoms with Crippen molar-refractivity contribution in [2.75, 3.05) is 7.11 Å². The van der Waals surface area contributed by atoms with Gasteiger partial charge < -0.3 is 25.4 Å². The predicted octanol–water partition coefficient (Wildman–Crippen LogP) is 2.68. The molecule has 0 saturated carbocycles. The van der Waals surface area contributed by atoms with Crippen LogP contribution in [0.5, 0.6) is 17.2 Å². The van der Waals surface area contributed by atoms with E-state index in [2.05, 4.69) is 12.2 Å². The number of hydrogen-bond donors (Lipinski definition) is 4. The van der Waals surface area contributed by atoms with E-state index in [-0.39, 0.29) is 23.6 Å². The molecule has 0 amide bonds. The monoisotopic (exact) mass is 343 g/mol. The van der Waals surface area contributed by atoms with Crippen molar-refractivity contribution in [2.45, 2.75) is 44.4 Å². The Morgan fingerprint density at radius 2 is 1.88 bits per heavy atom. The van der Waals surface area contributed by atoms with Crippen LogP contribution in [0.15, 0.2) is 36.4 Å². The van der Waals surface area contributed by atoms with Crippen LogP contribution in [0.1, 0.15) is 36.1 Å². The van der Waals surface area contributed by atoms with Crippen LogP contribution in [0.3, 0.4) is 0 Å². The Kier molecular flexibility index (Phi) is 5.16. The van der Waals surface area contributed by atoms with Gasteiger partial charge in [-0.25, -0.2) is 0 Å². The minimum Gasteiger partial charge on any atom is -0.504 e.